The second kappa shape index (κ2) is 5.89. The molecule has 1 aliphatic carbocycles. The summed E-state index contributed by atoms with van der Waals surface area (Å²) < 4.78 is 5.59. The molecule has 2 aliphatic rings. The lowest BCUT2D eigenvalue weighted by atomic mass is 9.70. The summed E-state index contributed by atoms with van der Waals surface area (Å²) in [6.07, 6.45) is 4.05. The largest absolute Gasteiger partial charge is 0.379 e. The molecular weight excluding hydrogens is 224 g/mol. The molecule has 0 aromatic heterocycles. The van der Waals surface area contributed by atoms with Crippen LogP contribution in [-0.4, -0.2) is 49.3 Å². The zero-order valence-electron chi connectivity index (χ0n) is 12.5. The molecule has 3 nitrogen and oxygen atoms in total. The van der Waals surface area contributed by atoms with Gasteiger partial charge in [-0.05, 0) is 31.7 Å². The van der Waals surface area contributed by atoms with Crippen LogP contribution < -0.4 is 5.32 Å². The Hall–Kier alpha value is -0.120. The third kappa shape index (κ3) is 2.89. The highest BCUT2D eigenvalue weighted by Crippen LogP contribution is 2.38. The summed E-state index contributed by atoms with van der Waals surface area (Å²) in [5.74, 6) is 0. The number of hydrogen-bond acceptors (Lipinski definition) is 3. The first-order chi connectivity index (χ1) is 8.56. The molecule has 1 saturated carbocycles. The third-order valence-electron chi connectivity index (χ3n) is 4.82. The van der Waals surface area contributed by atoms with E-state index in [9.17, 15) is 0 Å². The van der Waals surface area contributed by atoms with Crippen LogP contribution in [0.15, 0.2) is 0 Å². The van der Waals surface area contributed by atoms with Crippen LogP contribution in [0, 0.1) is 5.41 Å². The van der Waals surface area contributed by atoms with Gasteiger partial charge < -0.3 is 10.1 Å². The topological polar surface area (TPSA) is 24.5 Å². The van der Waals surface area contributed by atoms with Crippen LogP contribution >= 0.6 is 0 Å². The van der Waals surface area contributed by atoms with Gasteiger partial charge in [-0.1, -0.05) is 27.2 Å². The first-order valence-corrected chi connectivity index (χ1v) is 7.63. The minimum Gasteiger partial charge on any atom is -0.379 e. The van der Waals surface area contributed by atoms with Gasteiger partial charge in [-0.2, -0.15) is 0 Å². The van der Waals surface area contributed by atoms with Crippen molar-refractivity contribution in [2.75, 3.05) is 26.3 Å². The van der Waals surface area contributed by atoms with Gasteiger partial charge in [0.05, 0.1) is 13.2 Å². The molecule has 3 heteroatoms. The number of nitrogens with one attached hydrogen (secondary N) is 1. The molecule has 3 unspecified atom stereocenters. The van der Waals surface area contributed by atoms with Gasteiger partial charge in [0.25, 0.3) is 0 Å². The summed E-state index contributed by atoms with van der Waals surface area (Å²) in [6.45, 7) is 13.4. The Morgan fingerprint density at radius 1 is 1.39 bits per heavy atom. The van der Waals surface area contributed by atoms with Crippen LogP contribution in [0.3, 0.4) is 0 Å². The normalized spacial score (nSPS) is 37.7. The van der Waals surface area contributed by atoms with Crippen molar-refractivity contribution in [3.63, 3.8) is 0 Å². The molecule has 2 rings (SSSR count). The van der Waals surface area contributed by atoms with Gasteiger partial charge in [-0.15, -0.1) is 0 Å². The van der Waals surface area contributed by atoms with Gasteiger partial charge in [-0.3, -0.25) is 4.90 Å². The van der Waals surface area contributed by atoms with E-state index in [0.717, 1.165) is 26.3 Å². The smallest absolute Gasteiger partial charge is 0.0619 e. The van der Waals surface area contributed by atoms with Crippen molar-refractivity contribution in [1.82, 2.24) is 10.2 Å². The van der Waals surface area contributed by atoms with E-state index >= 15 is 0 Å². The fourth-order valence-corrected chi connectivity index (χ4v) is 3.83. The highest BCUT2D eigenvalue weighted by atomic mass is 16.5. The monoisotopic (exact) mass is 254 g/mol. The molecule has 106 valence electrons. The van der Waals surface area contributed by atoms with E-state index in [0.29, 0.717) is 23.5 Å². The minimum atomic E-state index is 0.414. The highest BCUT2D eigenvalue weighted by Gasteiger charge is 2.42. The van der Waals surface area contributed by atoms with Crippen LogP contribution in [0.5, 0.6) is 0 Å². The first kappa shape index (κ1) is 14.3. The van der Waals surface area contributed by atoms with Crippen molar-refractivity contribution >= 4 is 0 Å². The lowest BCUT2D eigenvalue weighted by Gasteiger charge is -2.51. The molecule has 0 aromatic carbocycles. The van der Waals surface area contributed by atoms with Crippen LogP contribution in [0.2, 0.25) is 0 Å². The van der Waals surface area contributed by atoms with Gasteiger partial charge in [0.1, 0.15) is 0 Å². The molecular formula is C15H30N2O. The summed E-state index contributed by atoms with van der Waals surface area (Å²) in [5.41, 5.74) is 0.414. The van der Waals surface area contributed by atoms with E-state index in [1.54, 1.807) is 0 Å². The molecule has 0 amide bonds. The maximum absolute atomic E-state index is 5.59. The fraction of sp³-hybridized carbons (Fsp3) is 1.00. The maximum Gasteiger partial charge on any atom is 0.0619 e. The molecule has 2 fully saturated rings. The molecule has 18 heavy (non-hydrogen) atoms. The van der Waals surface area contributed by atoms with Crippen molar-refractivity contribution in [1.29, 1.82) is 0 Å². The molecule has 0 aromatic rings. The van der Waals surface area contributed by atoms with Crippen LogP contribution in [0.1, 0.15) is 47.0 Å². The molecule has 1 saturated heterocycles. The Labute approximate surface area is 112 Å². The van der Waals surface area contributed by atoms with Crippen molar-refractivity contribution in [2.45, 2.75) is 65.1 Å². The molecule has 3 atom stereocenters. The Morgan fingerprint density at radius 3 is 2.83 bits per heavy atom. The van der Waals surface area contributed by atoms with Gasteiger partial charge in [-0.25, -0.2) is 0 Å². The van der Waals surface area contributed by atoms with E-state index in [4.69, 9.17) is 4.74 Å². The standard InChI is InChI=1S/C15H30N2O/c1-5-16-14-13(7-6-8-15(14,3)4)17-9-10-18-11-12(17)2/h12-14,16H,5-11H2,1-4H3. The van der Waals surface area contributed by atoms with E-state index in [2.05, 4.69) is 37.9 Å². The van der Waals surface area contributed by atoms with Crippen LogP contribution in [0.4, 0.5) is 0 Å². The Morgan fingerprint density at radius 2 is 2.17 bits per heavy atom. The number of likely N-dealkylation sites (N-methyl/N-ethyl adjacent to an activating group) is 1. The van der Waals surface area contributed by atoms with Gasteiger partial charge >= 0.3 is 0 Å². The minimum absolute atomic E-state index is 0.414. The molecule has 0 spiro atoms. The SMILES string of the molecule is CCNC1C(N2CCOCC2C)CCCC1(C)C. The lowest BCUT2D eigenvalue weighted by molar-refractivity contribution is -0.0534. The second-order valence-electron chi connectivity index (χ2n) is 6.65. The number of nitrogens with zero attached hydrogens (tertiary/aromatic N) is 1. The zero-order valence-corrected chi connectivity index (χ0v) is 12.5. The van der Waals surface area contributed by atoms with Crippen LogP contribution in [-0.2, 0) is 4.74 Å². The van der Waals surface area contributed by atoms with Crippen molar-refractivity contribution in [3.8, 4) is 0 Å². The number of hydrogen-bond donors (Lipinski definition) is 1. The molecule has 0 bridgehead atoms. The third-order valence-corrected chi connectivity index (χ3v) is 4.82. The van der Waals surface area contributed by atoms with Crippen molar-refractivity contribution < 1.29 is 4.74 Å². The van der Waals surface area contributed by atoms with E-state index in [1.807, 2.05) is 0 Å². The average Bonchev–Trinajstić information content (AvgIpc) is 2.32. The molecule has 0 radical (unpaired) electrons. The van der Waals surface area contributed by atoms with Gasteiger partial charge in [0.15, 0.2) is 0 Å². The predicted octanol–water partition coefficient (Wildman–Crippen LogP) is 2.26. The fourth-order valence-electron chi connectivity index (χ4n) is 3.83. The number of morpholine rings is 1. The summed E-state index contributed by atoms with van der Waals surface area (Å²) in [5, 5.41) is 3.76. The van der Waals surface area contributed by atoms with Crippen molar-refractivity contribution in [2.24, 2.45) is 5.41 Å². The number of rotatable bonds is 3. The van der Waals surface area contributed by atoms with E-state index in [1.165, 1.54) is 19.3 Å². The average molecular weight is 254 g/mol. The summed E-state index contributed by atoms with van der Waals surface area (Å²) in [4.78, 5) is 2.69. The predicted molar refractivity (Wildman–Crippen MR) is 75.9 cm³/mol. The zero-order chi connectivity index (χ0) is 13.2. The summed E-state index contributed by atoms with van der Waals surface area (Å²) in [7, 11) is 0. The molecule has 1 heterocycles. The summed E-state index contributed by atoms with van der Waals surface area (Å²) >= 11 is 0. The Bertz CT molecular complexity index is 267. The quantitative estimate of drug-likeness (QED) is 0.836. The highest BCUT2D eigenvalue weighted by molar-refractivity contribution is 4.99. The van der Waals surface area contributed by atoms with Crippen LogP contribution in [0.25, 0.3) is 0 Å². The number of ether oxygens (including phenoxy) is 1. The van der Waals surface area contributed by atoms with E-state index in [-0.39, 0.29) is 0 Å². The lowest BCUT2D eigenvalue weighted by Crippen LogP contribution is -2.62. The van der Waals surface area contributed by atoms with Gasteiger partial charge in [0.2, 0.25) is 0 Å². The first-order valence-electron chi connectivity index (χ1n) is 7.63. The van der Waals surface area contributed by atoms with Gasteiger partial charge in [0, 0.05) is 24.7 Å². The maximum atomic E-state index is 5.59. The molecule has 1 N–H and O–H groups in total. The molecule has 1 aliphatic heterocycles. The summed E-state index contributed by atoms with van der Waals surface area (Å²) in [6, 6.07) is 1.88. The second-order valence-corrected chi connectivity index (χ2v) is 6.65. The van der Waals surface area contributed by atoms with Crippen molar-refractivity contribution in [3.05, 3.63) is 0 Å². The Balaban J connectivity index is 2.12. The Kier molecular flexibility index (Phi) is 4.68. The van der Waals surface area contributed by atoms with E-state index < -0.39 is 0 Å².